The van der Waals surface area contributed by atoms with E-state index in [1.807, 2.05) is 37.3 Å². The van der Waals surface area contributed by atoms with Crippen LogP contribution >= 0.6 is 7.60 Å². The number of nitrogens with zero attached hydrogens (tertiary/aromatic N) is 1. The molecule has 1 aromatic carbocycles. The number of nitrogens with one attached hydrogen (secondary N) is 3. The fraction of sp³-hybridized carbons (Fsp3) is 0.656. The van der Waals surface area contributed by atoms with Gasteiger partial charge in [-0.2, -0.15) is 0 Å². The van der Waals surface area contributed by atoms with E-state index in [4.69, 9.17) is 13.8 Å². The number of amides is 4. The van der Waals surface area contributed by atoms with Crippen LogP contribution in [0.4, 0.5) is 4.79 Å². The van der Waals surface area contributed by atoms with Crippen molar-refractivity contribution in [1.29, 1.82) is 0 Å². The molecule has 3 rings (SSSR count). The summed E-state index contributed by atoms with van der Waals surface area (Å²) in [7, 11) is -2.98. The number of alkyl carbamates (subject to hydrolysis) is 1. The average molecular weight is 681 g/mol. The summed E-state index contributed by atoms with van der Waals surface area (Å²) < 4.78 is 30.3. The number of hydrogen-bond acceptors (Lipinski definition) is 9. The Bertz CT molecular complexity index is 1260. The Kier molecular flexibility index (Phi) is 15.2. The number of carboxylic acid groups (broad SMARTS) is 1. The number of rotatable bonds is 20. The SMILES string of the molecule is CCCC[C@@H](NC(=O)[C@H](CCCCNC(=O)OCc1ccccc1)NC(=O)C1CC1)P(=O)(OC)OC(C)C(=O)N1CCC[C@H]1C(=O)O. The third kappa shape index (κ3) is 11.9. The largest absolute Gasteiger partial charge is 0.480 e. The molecule has 4 N–H and O–H groups in total. The number of benzene rings is 1. The number of carbonyl (C=O) groups is 5. The minimum absolute atomic E-state index is 0.143. The van der Waals surface area contributed by atoms with E-state index in [-0.39, 0.29) is 37.8 Å². The van der Waals surface area contributed by atoms with Gasteiger partial charge in [-0.1, -0.05) is 50.1 Å². The second kappa shape index (κ2) is 18.8. The second-order valence-electron chi connectivity index (χ2n) is 12.0. The van der Waals surface area contributed by atoms with Crippen molar-refractivity contribution in [1.82, 2.24) is 20.9 Å². The minimum Gasteiger partial charge on any atom is -0.480 e. The minimum atomic E-state index is -4.15. The van der Waals surface area contributed by atoms with Gasteiger partial charge >= 0.3 is 19.7 Å². The Morgan fingerprint density at radius 1 is 1.02 bits per heavy atom. The van der Waals surface area contributed by atoms with E-state index < -0.39 is 55.4 Å². The molecule has 1 aromatic rings. The molecular weight excluding hydrogens is 631 g/mol. The van der Waals surface area contributed by atoms with Crippen LogP contribution in [0, 0.1) is 5.92 Å². The molecule has 1 heterocycles. The van der Waals surface area contributed by atoms with Crippen LogP contribution in [0.15, 0.2) is 30.3 Å². The number of carboxylic acids is 1. The maximum atomic E-state index is 14.1. The lowest BCUT2D eigenvalue weighted by molar-refractivity contribution is -0.151. The molecule has 0 aromatic heterocycles. The lowest BCUT2D eigenvalue weighted by atomic mass is 10.1. The summed E-state index contributed by atoms with van der Waals surface area (Å²) in [4.78, 5) is 64.3. The molecule has 1 saturated carbocycles. The highest BCUT2D eigenvalue weighted by Crippen LogP contribution is 2.54. The maximum Gasteiger partial charge on any atom is 0.407 e. The van der Waals surface area contributed by atoms with Gasteiger partial charge in [0.15, 0.2) is 0 Å². The maximum absolute atomic E-state index is 14.1. The van der Waals surface area contributed by atoms with Crippen molar-refractivity contribution in [2.45, 2.75) is 109 Å². The number of aliphatic carboxylic acids is 1. The van der Waals surface area contributed by atoms with E-state index >= 15 is 0 Å². The summed E-state index contributed by atoms with van der Waals surface area (Å²) in [6, 6.07) is 7.35. The van der Waals surface area contributed by atoms with Crippen LogP contribution in [-0.2, 0) is 44.1 Å². The molecule has 0 radical (unpaired) electrons. The van der Waals surface area contributed by atoms with Crippen LogP contribution < -0.4 is 16.0 Å². The smallest absolute Gasteiger partial charge is 0.407 e. The van der Waals surface area contributed by atoms with Crippen LogP contribution in [0.2, 0.25) is 0 Å². The van der Waals surface area contributed by atoms with Gasteiger partial charge in [0, 0.05) is 26.1 Å². The van der Waals surface area contributed by atoms with E-state index in [1.54, 1.807) is 0 Å². The molecule has 15 heteroatoms. The monoisotopic (exact) mass is 680 g/mol. The Morgan fingerprint density at radius 3 is 2.38 bits per heavy atom. The fourth-order valence-corrected chi connectivity index (χ4v) is 7.15. The summed E-state index contributed by atoms with van der Waals surface area (Å²) in [5, 5.41) is 17.7. The average Bonchev–Trinajstić information content (AvgIpc) is 3.80. The molecule has 1 saturated heterocycles. The van der Waals surface area contributed by atoms with E-state index in [0.717, 1.165) is 18.4 Å². The molecule has 2 fully saturated rings. The molecule has 2 aliphatic rings. The van der Waals surface area contributed by atoms with Gasteiger partial charge in [0.1, 0.15) is 30.6 Å². The standard InChI is InChI=1S/C32H49N4O10P/c1-4-5-16-27(47(43,44-3)46-22(2)30(39)36-20-11-15-26(36)31(40)41)35-29(38)25(34-28(37)24-17-18-24)14-9-10-19-33-32(42)45-21-23-12-7-6-8-13-23/h6-8,12-13,22,24-27H,4-5,9-11,14-21H2,1-3H3,(H,33,42)(H,34,37)(H,35,38)(H,40,41)/t22?,25-,26-,27-,47?/m0/s1. The summed E-state index contributed by atoms with van der Waals surface area (Å²) >= 11 is 0. The summed E-state index contributed by atoms with van der Waals surface area (Å²) in [5.41, 5.74) is 0.864. The lowest BCUT2D eigenvalue weighted by Gasteiger charge is -2.31. The van der Waals surface area contributed by atoms with Crippen LogP contribution in [0.1, 0.15) is 83.6 Å². The zero-order valence-corrected chi connectivity index (χ0v) is 28.4. The summed E-state index contributed by atoms with van der Waals surface area (Å²) in [6.45, 7) is 3.99. The third-order valence-corrected chi connectivity index (χ3v) is 10.5. The second-order valence-corrected chi connectivity index (χ2v) is 14.3. The van der Waals surface area contributed by atoms with Crippen LogP contribution in [-0.4, -0.2) is 84.0 Å². The van der Waals surface area contributed by atoms with E-state index in [0.29, 0.717) is 45.1 Å². The van der Waals surface area contributed by atoms with Crippen molar-refractivity contribution in [3.8, 4) is 0 Å². The zero-order chi connectivity index (χ0) is 34.4. The molecule has 1 aliphatic carbocycles. The molecule has 0 spiro atoms. The first-order valence-electron chi connectivity index (χ1n) is 16.4. The summed E-state index contributed by atoms with van der Waals surface area (Å²) in [6.07, 6.45) is 3.19. The first-order chi connectivity index (χ1) is 22.5. The number of likely N-dealkylation sites (tertiary alicyclic amines) is 1. The molecular formula is C32H49N4O10P. The molecule has 4 amide bonds. The van der Waals surface area contributed by atoms with E-state index in [2.05, 4.69) is 16.0 Å². The fourth-order valence-electron chi connectivity index (χ4n) is 5.34. The van der Waals surface area contributed by atoms with Crippen molar-refractivity contribution in [3.05, 3.63) is 35.9 Å². The molecule has 5 atom stereocenters. The van der Waals surface area contributed by atoms with Gasteiger partial charge < -0.3 is 35.2 Å². The molecule has 2 unspecified atom stereocenters. The highest BCUT2D eigenvalue weighted by Gasteiger charge is 2.43. The van der Waals surface area contributed by atoms with Crippen molar-refractivity contribution in [3.63, 3.8) is 0 Å². The van der Waals surface area contributed by atoms with Gasteiger partial charge in [0.2, 0.25) is 11.8 Å². The lowest BCUT2D eigenvalue weighted by Crippen LogP contribution is -2.50. The molecule has 262 valence electrons. The van der Waals surface area contributed by atoms with Crippen molar-refractivity contribution in [2.24, 2.45) is 5.92 Å². The summed E-state index contributed by atoms with van der Waals surface area (Å²) in [5.74, 6) is -3.82. The van der Waals surface area contributed by atoms with Gasteiger partial charge in [-0.25, -0.2) is 9.59 Å². The van der Waals surface area contributed by atoms with E-state index in [9.17, 15) is 33.6 Å². The molecule has 1 aliphatic heterocycles. The topological polar surface area (TPSA) is 190 Å². The highest BCUT2D eigenvalue weighted by molar-refractivity contribution is 7.54. The number of hydrogen-bond donors (Lipinski definition) is 4. The third-order valence-electron chi connectivity index (χ3n) is 8.23. The Morgan fingerprint density at radius 2 is 1.74 bits per heavy atom. The quantitative estimate of drug-likeness (QED) is 0.116. The first-order valence-corrected chi connectivity index (χ1v) is 18.0. The van der Waals surface area contributed by atoms with Gasteiger partial charge in [-0.3, -0.25) is 23.5 Å². The zero-order valence-electron chi connectivity index (χ0n) is 27.5. The Labute approximate surface area is 276 Å². The number of unbranched alkanes of at least 4 members (excludes halogenated alkanes) is 2. The number of carbonyl (C=O) groups excluding carboxylic acids is 4. The molecule has 47 heavy (non-hydrogen) atoms. The Balaban J connectivity index is 1.60. The van der Waals surface area contributed by atoms with Crippen LogP contribution in [0.25, 0.3) is 0 Å². The number of ether oxygens (including phenoxy) is 1. The predicted molar refractivity (Wildman–Crippen MR) is 172 cm³/mol. The van der Waals surface area contributed by atoms with Gasteiger partial charge in [0.25, 0.3) is 5.91 Å². The van der Waals surface area contributed by atoms with Crippen LogP contribution in [0.3, 0.4) is 0 Å². The van der Waals surface area contributed by atoms with Crippen LogP contribution in [0.5, 0.6) is 0 Å². The molecule has 14 nitrogen and oxygen atoms in total. The Hall–Kier alpha value is -3.48. The van der Waals surface area contributed by atoms with E-state index in [1.165, 1.54) is 18.9 Å². The van der Waals surface area contributed by atoms with Gasteiger partial charge in [-0.15, -0.1) is 0 Å². The van der Waals surface area contributed by atoms with Crippen molar-refractivity contribution in [2.75, 3.05) is 20.2 Å². The van der Waals surface area contributed by atoms with Crippen molar-refractivity contribution >= 4 is 37.4 Å². The van der Waals surface area contributed by atoms with Gasteiger partial charge in [0.05, 0.1) is 0 Å². The normalized spacial score (nSPS) is 19.1. The first kappa shape index (κ1) is 38.0. The highest BCUT2D eigenvalue weighted by atomic mass is 31.2. The van der Waals surface area contributed by atoms with Gasteiger partial charge in [-0.05, 0) is 63.9 Å². The van der Waals surface area contributed by atoms with Crippen molar-refractivity contribution < 1.29 is 47.4 Å². The predicted octanol–water partition coefficient (Wildman–Crippen LogP) is 3.93. The molecule has 0 bridgehead atoms.